The first-order valence-electron chi connectivity index (χ1n) is 6.57. The fourth-order valence-electron chi connectivity index (χ4n) is 2.26. The molecular weight excluding hydrogens is 248 g/mol. The molecule has 0 aromatic rings. The number of carbonyl (C=O) groups is 2. The van der Waals surface area contributed by atoms with Gasteiger partial charge in [0, 0.05) is 13.1 Å². The largest absolute Gasteiger partial charge is 0.481 e. The lowest BCUT2D eigenvalue weighted by Crippen LogP contribution is -2.48. The van der Waals surface area contributed by atoms with Gasteiger partial charge < -0.3 is 20.5 Å². The first-order chi connectivity index (χ1) is 8.67. The fraction of sp³-hybridized carbons (Fsp3) is 0.846. The lowest BCUT2D eigenvalue weighted by atomic mass is 9.76. The van der Waals surface area contributed by atoms with Gasteiger partial charge in [0.25, 0.3) is 0 Å². The molecule has 0 bridgehead atoms. The van der Waals surface area contributed by atoms with Crippen molar-refractivity contribution in [1.29, 1.82) is 0 Å². The normalized spacial score (nSPS) is 19.1. The number of rotatable bonds is 3. The van der Waals surface area contributed by atoms with Crippen LogP contribution in [0.2, 0.25) is 0 Å². The summed E-state index contributed by atoms with van der Waals surface area (Å²) in [5.41, 5.74) is 4.81. The topological polar surface area (TPSA) is 92.9 Å². The van der Waals surface area contributed by atoms with E-state index in [9.17, 15) is 9.59 Å². The third kappa shape index (κ3) is 4.70. The van der Waals surface area contributed by atoms with E-state index >= 15 is 0 Å². The Morgan fingerprint density at radius 3 is 2.21 bits per heavy atom. The molecule has 1 rings (SSSR count). The van der Waals surface area contributed by atoms with Crippen molar-refractivity contribution in [2.24, 2.45) is 11.1 Å². The minimum atomic E-state index is -0.837. The van der Waals surface area contributed by atoms with E-state index in [1.54, 1.807) is 4.90 Å². The summed E-state index contributed by atoms with van der Waals surface area (Å²) in [6, 6.07) is 0. The molecule has 1 heterocycles. The first kappa shape index (κ1) is 15.8. The van der Waals surface area contributed by atoms with Crippen LogP contribution in [0.4, 0.5) is 4.79 Å². The van der Waals surface area contributed by atoms with Crippen LogP contribution in [0.25, 0.3) is 0 Å². The first-order valence-corrected chi connectivity index (χ1v) is 6.57. The van der Waals surface area contributed by atoms with Crippen molar-refractivity contribution in [2.45, 2.75) is 45.6 Å². The van der Waals surface area contributed by atoms with Crippen LogP contribution in [0.5, 0.6) is 0 Å². The Bertz CT molecular complexity index is 341. The van der Waals surface area contributed by atoms with Crippen LogP contribution in [-0.2, 0) is 9.53 Å². The van der Waals surface area contributed by atoms with E-state index in [0.29, 0.717) is 32.5 Å². The average molecular weight is 272 g/mol. The summed E-state index contributed by atoms with van der Waals surface area (Å²) in [6.45, 7) is 6.80. The van der Waals surface area contributed by atoms with Gasteiger partial charge in [-0.2, -0.15) is 0 Å². The molecule has 19 heavy (non-hydrogen) atoms. The number of nitrogens with zero attached hydrogens (tertiary/aromatic N) is 1. The van der Waals surface area contributed by atoms with E-state index in [4.69, 9.17) is 15.6 Å². The standard InChI is InChI=1S/C13H24N2O4/c1-12(2,3)19-11(18)15-6-4-13(9-14,5-7-15)8-10(16)17/h4-9,14H2,1-3H3,(H,16,17). The molecule has 0 spiro atoms. The van der Waals surface area contributed by atoms with E-state index in [-0.39, 0.29) is 17.9 Å². The Morgan fingerprint density at radius 1 is 1.32 bits per heavy atom. The Hall–Kier alpha value is -1.30. The molecule has 0 saturated carbocycles. The number of ether oxygens (including phenoxy) is 1. The molecule has 0 radical (unpaired) electrons. The Morgan fingerprint density at radius 2 is 1.84 bits per heavy atom. The van der Waals surface area contributed by atoms with Crippen LogP contribution in [0.1, 0.15) is 40.0 Å². The predicted molar refractivity (Wildman–Crippen MR) is 70.8 cm³/mol. The van der Waals surface area contributed by atoms with Gasteiger partial charge in [-0.15, -0.1) is 0 Å². The van der Waals surface area contributed by atoms with Gasteiger partial charge in [0.05, 0.1) is 6.42 Å². The van der Waals surface area contributed by atoms with Gasteiger partial charge >= 0.3 is 12.1 Å². The number of piperidine rings is 1. The summed E-state index contributed by atoms with van der Waals surface area (Å²) < 4.78 is 5.30. The number of hydrogen-bond acceptors (Lipinski definition) is 4. The number of carboxylic acid groups (broad SMARTS) is 1. The van der Waals surface area contributed by atoms with Crippen molar-refractivity contribution >= 4 is 12.1 Å². The summed E-state index contributed by atoms with van der Waals surface area (Å²) >= 11 is 0. The van der Waals surface area contributed by atoms with Gasteiger partial charge in [-0.05, 0) is 45.6 Å². The minimum absolute atomic E-state index is 0.0612. The maximum atomic E-state index is 11.9. The van der Waals surface area contributed by atoms with Crippen LogP contribution < -0.4 is 5.73 Å². The Balaban J connectivity index is 2.56. The second kappa shape index (κ2) is 5.77. The highest BCUT2D eigenvalue weighted by molar-refractivity contribution is 5.69. The number of nitrogens with two attached hydrogens (primary N) is 1. The maximum Gasteiger partial charge on any atom is 0.410 e. The van der Waals surface area contributed by atoms with Crippen LogP contribution >= 0.6 is 0 Å². The van der Waals surface area contributed by atoms with E-state index in [1.807, 2.05) is 20.8 Å². The second-order valence-electron chi connectivity index (χ2n) is 6.24. The number of carbonyl (C=O) groups excluding carboxylic acids is 1. The molecule has 0 aliphatic carbocycles. The maximum absolute atomic E-state index is 11.9. The van der Waals surface area contributed by atoms with E-state index < -0.39 is 11.6 Å². The Kier molecular flexibility index (Phi) is 4.79. The van der Waals surface area contributed by atoms with Crippen molar-refractivity contribution in [3.8, 4) is 0 Å². The molecule has 1 fully saturated rings. The van der Waals surface area contributed by atoms with Gasteiger partial charge in [-0.3, -0.25) is 4.79 Å². The van der Waals surface area contributed by atoms with Crippen LogP contribution in [-0.4, -0.2) is 47.3 Å². The minimum Gasteiger partial charge on any atom is -0.481 e. The van der Waals surface area contributed by atoms with Crippen LogP contribution in [0.3, 0.4) is 0 Å². The number of hydrogen-bond donors (Lipinski definition) is 2. The molecule has 110 valence electrons. The molecule has 0 atom stereocenters. The summed E-state index contributed by atoms with van der Waals surface area (Å²) in [5.74, 6) is -0.837. The monoisotopic (exact) mass is 272 g/mol. The molecule has 0 aromatic carbocycles. The fourth-order valence-corrected chi connectivity index (χ4v) is 2.26. The molecule has 1 aliphatic rings. The number of amides is 1. The highest BCUT2D eigenvalue weighted by Crippen LogP contribution is 2.34. The average Bonchev–Trinajstić information content (AvgIpc) is 2.26. The van der Waals surface area contributed by atoms with E-state index in [2.05, 4.69) is 0 Å². The quantitative estimate of drug-likeness (QED) is 0.811. The van der Waals surface area contributed by atoms with E-state index in [0.717, 1.165) is 0 Å². The van der Waals surface area contributed by atoms with Gasteiger partial charge in [0.1, 0.15) is 5.60 Å². The summed E-state index contributed by atoms with van der Waals surface area (Å²) in [4.78, 5) is 24.4. The van der Waals surface area contributed by atoms with Crippen molar-refractivity contribution in [1.82, 2.24) is 4.90 Å². The molecule has 1 amide bonds. The van der Waals surface area contributed by atoms with Crippen molar-refractivity contribution < 1.29 is 19.4 Å². The van der Waals surface area contributed by atoms with Crippen molar-refractivity contribution in [3.05, 3.63) is 0 Å². The third-order valence-electron chi connectivity index (χ3n) is 3.44. The summed E-state index contributed by atoms with van der Waals surface area (Å²) in [7, 11) is 0. The predicted octanol–water partition coefficient (Wildman–Crippen LogP) is 1.44. The lowest BCUT2D eigenvalue weighted by Gasteiger charge is -2.40. The number of likely N-dealkylation sites (tertiary alicyclic amines) is 1. The van der Waals surface area contributed by atoms with Crippen molar-refractivity contribution in [2.75, 3.05) is 19.6 Å². The zero-order valence-corrected chi connectivity index (χ0v) is 11.9. The molecule has 6 nitrogen and oxygen atoms in total. The van der Waals surface area contributed by atoms with Crippen LogP contribution in [0.15, 0.2) is 0 Å². The lowest BCUT2D eigenvalue weighted by molar-refractivity contribution is -0.140. The number of carboxylic acids is 1. The molecule has 1 saturated heterocycles. The van der Waals surface area contributed by atoms with Gasteiger partial charge in [-0.25, -0.2) is 4.79 Å². The zero-order valence-electron chi connectivity index (χ0n) is 11.9. The van der Waals surface area contributed by atoms with E-state index in [1.165, 1.54) is 0 Å². The third-order valence-corrected chi connectivity index (χ3v) is 3.44. The van der Waals surface area contributed by atoms with Gasteiger partial charge in [-0.1, -0.05) is 0 Å². The molecule has 6 heteroatoms. The van der Waals surface area contributed by atoms with Gasteiger partial charge in [0.2, 0.25) is 0 Å². The Labute approximate surface area is 113 Å². The zero-order chi connectivity index (χ0) is 14.7. The van der Waals surface area contributed by atoms with Gasteiger partial charge in [0.15, 0.2) is 0 Å². The summed E-state index contributed by atoms with van der Waals surface area (Å²) in [5, 5.41) is 8.93. The summed E-state index contributed by atoms with van der Waals surface area (Å²) in [6.07, 6.45) is 0.934. The SMILES string of the molecule is CC(C)(C)OC(=O)N1CCC(CN)(CC(=O)O)CC1. The second-order valence-corrected chi connectivity index (χ2v) is 6.24. The number of aliphatic carboxylic acids is 1. The highest BCUT2D eigenvalue weighted by atomic mass is 16.6. The van der Waals surface area contributed by atoms with Crippen molar-refractivity contribution in [3.63, 3.8) is 0 Å². The highest BCUT2D eigenvalue weighted by Gasteiger charge is 2.37. The molecule has 0 aromatic heterocycles. The molecular formula is C13H24N2O4. The van der Waals surface area contributed by atoms with Crippen LogP contribution in [0, 0.1) is 5.41 Å². The molecule has 3 N–H and O–H groups in total. The molecule has 0 unspecified atom stereocenters. The molecule has 1 aliphatic heterocycles. The smallest absolute Gasteiger partial charge is 0.410 e.